The Morgan fingerprint density at radius 1 is 1.47 bits per heavy atom. The van der Waals surface area contributed by atoms with E-state index in [-0.39, 0.29) is 6.04 Å². The van der Waals surface area contributed by atoms with Crippen molar-refractivity contribution in [3.8, 4) is 0 Å². The van der Waals surface area contributed by atoms with Crippen molar-refractivity contribution in [2.75, 3.05) is 7.05 Å². The summed E-state index contributed by atoms with van der Waals surface area (Å²) in [4.78, 5) is 7.40. The summed E-state index contributed by atoms with van der Waals surface area (Å²) in [7, 11) is 1.94. The van der Waals surface area contributed by atoms with E-state index < -0.39 is 0 Å². The molecule has 5 heteroatoms. The molecular weight excluding hydrogens is 214 g/mol. The molecule has 2 heterocycles. The van der Waals surface area contributed by atoms with Gasteiger partial charge in [-0.25, -0.2) is 4.98 Å². The Balaban J connectivity index is 2.08. The van der Waals surface area contributed by atoms with Crippen molar-refractivity contribution in [1.82, 2.24) is 25.1 Å². The number of hydrogen-bond donors (Lipinski definition) is 2. The first kappa shape index (κ1) is 11.9. The average molecular weight is 233 g/mol. The highest BCUT2D eigenvalue weighted by molar-refractivity contribution is 5.06. The van der Waals surface area contributed by atoms with Gasteiger partial charge in [-0.1, -0.05) is 0 Å². The maximum atomic E-state index is 4.54. The third-order valence-electron chi connectivity index (χ3n) is 2.80. The van der Waals surface area contributed by atoms with E-state index in [1.54, 1.807) is 6.20 Å². The summed E-state index contributed by atoms with van der Waals surface area (Å²) in [6.45, 7) is 4.25. The molecule has 2 N–H and O–H groups in total. The number of aromatic amines is 1. The van der Waals surface area contributed by atoms with Gasteiger partial charge in [-0.3, -0.25) is 4.68 Å². The third-order valence-corrected chi connectivity index (χ3v) is 2.80. The quantitative estimate of drug-likeness (QED) is 0.826. The van der Waals surface area contributed by atoms with Crippen LogP contribution in [-0.2, 0) is 6.42 Å². The van der Waals surface area contributed by atoms with Gasteiger partial charge in [-0.2, -0.15) is 5.10 Å². The van der Waals surface area contributed by atoms with Crippen LogP contribution in [0.4, 0.5) is 0 Å². The largest absolute Gasteiger partial charge is 0.347 e. The number of nitrogens with one attached hydrogen (secondary N) is 2. The van der Waals surface area contributed by atoms with E-state index in [9.17, 15) is 0 Å². The molecule has 1 unspecified atom stereocenters. The molecule has 0 aliphatic heterocycles. The van der Waals surface area contributed by atoms with Gasteiger partial charge in [0.15, 0.2) is 0 Å². The summed E-state index contributed by atoms with van der Waals surface area (Å²) in [5.74, 6) is 0.951. The van der Waals surface area contributed by atoms with Crippen molar-refractivity contribution in [2.45, 2.75) is 32.4 Å². The molecule has 0 radical (unpaired) electrons. The van der Waals surface area contributed by atoms with Crippen molar-refractivity contribution in [3.05, 3.63) is 36.2 Å². The second-order valence-corrected chi connectivity index (χ2v) is 4.40. The normalized spacial score (nSPS) is 13.2. The van der Waals surface area contributed by atoms with Gasteiger partial charge in [0.2, 0.25) is 0 Å². The molecule has 0 aromatic carbocycles. The van der Waals surface area contributed by atoms with Crippen LogP contribution in [0, 0.1) is 0 Å². The lowest BCUT2D eigenvalue weighted by molar-refractivity contribution is 0.509. The molecule has 2 aromatic heterocycles. The van der Waals surface area contributed by atoms with Crippen LogP contribution in [0.25, 0.3) is 0 Å². The molecule has 0 spiro atoms. The molecule has 0 amide bonds. The number of aromatic nitrogens is 4. The van der Waals surface area contributed by atoms with Crippen LogP contribution in [0.15, 0.2) is 24.7 Å². The molecule has 0 fully saturated rings. The fourth-order valence-corrected chi connectivity index (χ4v) is 1.79. The second kappa shape index (κ2) is 5.14. The summed E-state index contributed by atoms with van der Waals surface area (Å²) >= 11 is 0. The van der Waals surface area contributed by atoms with E-state index in [0.29, 0.717) is 6.04 Å². The minimum atomic E-state index is 0.181. The minimum Gasteiger partial charge on any atom is -0.347 e. The first-order chi connectivity index (χ1) is 8.20. The fraction of sp³-hybridized carbons (Fsp3) is 0.500. The van der Waals surface area contributed by atoms with E-state index in [4.69, 9.17) is 0 Å². The Kier molecular flexibility index (Phi) is 3.58. The van der Waals surface area contributed by atoms with Crippen molar-refractivity contribution in [2.24, 2.45) is 0 Å². The first-order valence-corrected chi connectivity index (χ1v) is 5.91. The summed E-state index contributed by atoms with van der Waals surface area (Å²) < 4.78 is 1.98. The van der Waals surface area contributed by atoms with Gasteiger partial charge in [-0.15, -0.1) is 0 Å². The van der Waals surface area contributed by atoms with Crippen molar-refractivity contribution in [1.29, 1.82) is 0 Å². The number of imidazole rings is 1. The number of H-pyrrole nitrogens is 1. The summed E-state index contributed by atoms with van der Waals surface area (Å²) in [5, 5.41) is 7.79. The number of rotatable bonds is 5. The van der Waals surface area contributed by atoms with Crippen LogP contribution in [0.1, 0.15) is 37.4 Å². The molecule has 0 saturated carbocycles. The van der Waals surface area contributed by atoms with E-state index in [2.05, 4.69) is 40.3 Å². The van der Waals surface area contributed by atoms with E-state index in [1.165, 1.54) is 0 Å². The van der Waals surface area contributed by atoms with E-state index in [0.717, 1.165) is 17.9 Å². The average Bonchev–Trinajstić information content (AvgIpc) is 2.96. The third kappa shape index (κ3) is 2.74. The Hall–Kier alpha value is -1.62. The van der Waals surface area contributed by atoms with E-state index in [1.807, 2.05) is 24.1 Å². The van der Waals surface area contributed by atoms with Crippen molar-refractivity contribution in [3.63, 3.8) is 0 Å². The van der Waals surface area contributed by atoms with Crippen LogP contribution < -0.4 is 5.32 Å². The maximum absolute atomic E-state index is 4.54. The van der Waals surface area contributed by atoms with Gasteiger partial charge in [0.05, 0.1) is 11.7 Å². The van der Waals surface area contributed by atoms with Gasteiger partial charge in [0.1, 0.15) is 5.82 Å². The minimum absolute atomic E-state index is 0.181. The predicted octanol–water partition coefficient (Wildman–Crippen LogP) is 1.69. The van der Waals surface area contributed by atoms with Gasteiger partial charge in [0, 0.05) is 31.1 Å². The molecule has 0 bridgehead atoms. The summed E-state index contributed by atoms with van der Waals surface area (Å²) in [5.41, 5.74) is 1.08. The first-order valence-electron chi connectivity index (χ1n) is 5.91. The van der Waals surface area contributed by atoms with Gasteiger partial charge in [0.25, 0.3) is 0 Å². The highest BCUT2D eigenvalue weighted by Crippen LogP contribution is 2.14. The molecule has 0 aliphatic carbocycles. The standard InChI is InChI=1S/C12H19N5/c1-9(2)17-7-4-10(16-17)8-11(13-3)12-14-5-6-15-12/h4-7,9,11,13H,8H2,1-3H3,(H,14,15). The number of hydrogen-bond acceptors (Lipinski definition) is 3. The Labute approximate surface area is 101 Å². The van der Waals surface area contributed by atoms with Gasteiger partial charge in [-0.05, 0) is 27.0 Å². The summed E-state index contributed by atoms with van der Waals surface area (Å²) in [6, 6.07) is 2.65. The summed E-state index contributed by atoms with van der Waals surface area (Å²) in [6.07, 6.45) is 6.47. The topological polar surface area (TPSA) is 58.5 Å². The van der Waals surface area contributed by atoms with Crippen LogP contribution in [0.2, 0.25) is 0 Å². The van der Waals surface area contributed by atoms with Gasteiger partial charge < -0.3 is 10.3 Å². The Bertz CT molecular complexity index is 443. The zero-order valence-electron chi connectivity index (χ0n) is 10.5. The Morgan fingerprint density at radius 3 is 2.82 bits per heavy atom. The lowest BCUT2D eigenvalue weighted by Crippen LogP contribution is -2.20. The van der Waals surface area contributed by atoms with Crippen LogP contribution in [0.5, 0.6) is 0 Å². The highest BCUT2D eigenvalue weighted by atomic mass is 15.3. The lowest BCUT2D eigenvalue weighted by Gasteiger charge is -2.12. The number of likely N-dealkylation sites (N-methyl/N-ethyl adjacent to an activating group) is 1. The molecule has 17 heavy (non-hydrogen) atoms. The Morgan fingerprint density at radius 2 is 2.29 bits per heavy atom. The van der Waals surface area contributed by atoms with Crippen molar-refractivity contribution < 1.29 is 0 Å². The second-order valence-electron chi connectivity index (χ2n) is 4.40. The molecule has 2 rings (SSSR count). The van der Waals surface area contributed by atoms with Crippen LogP contribution >= 0.6 is 0 Å². The van der Waals surface area contributed by atoms with Crippen molar-refractivity contribution >= 4 is 0 Å². The predicted molar refractivity (Wildman–Crippen MR) is 66.7 cm³/mol. The molecule has 5 nitrogen and oxygen atoms in total. The molecule has 92 valence electrons. The lowest BCUT2D eigenvalue weighted by atomic mass is 10.1. The SMILES string of the molecule is CNC(Cc1ccn(C(C)C)n1)c1ncc[nH]1. The number of nitrogens with zero attached hydrogens (tertiary/aromatic N) is 3. The van der Waals surface area contributed by atoms with E-state index >= 15 is 0 Å². The highest BCUT2D eigenvalue weighted by Gasteiger charge is 2.14. The molecule has 2 aromatic rings. The van der Waals surface area contributed by atoms with Crippen LogP contribution in [0.3, 0.4) is 0 Å². The zero-order chi connectivity index (χ0) is 12.3. The zero-order valence-corrected chi connectivity index (χ0v) is 10.5. The monoisotopic (exact) mass is 233 g/mol. The molecule has 0 aliphatic rings. The molecule has 1 atom stereocenters. The molecule has 0 saturated heterocycles. The maximum Gasteiger partial charge on any atom is 0.123 e. The smallest absolute Gasteiger partial charge is 0.123 e. The van der Waals surface area contributed by atoms with Crippen LogP contribution in [-0.4, -0.2) is 26.8 Å². The van der Waals surface area contributed by atoms with Gasteiger partial charge >= 0.3 is 0 Å². The molecular formula is C12H19N5. The fourth-order valence-electron chi connectivity index (χ4n) is 1.79.